The Morgan fingerprint density at radius 1 is 0.881 bits per heavy atom. The first-order chi connectivity index (χ1) is 32.2. The van der Waals surface area contributed by atoms with Crippen LogP contribution < -0.4 is 20.5 Å². The monoisotopic (exact) mass is 928 g/mol. The van der Waals surface area contributed by atoms with Gasteiger partial charge in [0.2, 0.25) is 5.95 Å². The van der Waals surface area contributed by atoms with E-state index in [2.05, 4.69) is 90.7 Å². The number of rotatable bonds is 13. The summed E-state index contributed by atoms with van der Waals surface area (Å²) in [5.74, 6) is 2.23. The number of carbonyl (C=O) groups excluding carboxylic acids is 1. The zero-order chi connectivity index (χ0) is 47.0. The number of H-pyrrole nitrogens is 1. The molecule has 9 rings (SSSR count). The third kappa shape index (κ3) is 9.84. The van der Waals surface area contributed by atoms with Crippen molar-refractivity contribution in [2.24, 2.45) is 16.7 Å². The number of piperazine rings is 1. The maximum absolute atomic E-state index is 13.5. The van der Waals surface area contributed by atoms with Gasteiger partial charge in [0.05, 0.1) is 16.1 Å². The summed E-state index contributed by atoms with van der Waals surface area (Å²) < 4.78 is 8.19. The lowest BCUT2D eigenvalue weighted by atomic mass is 9.49. The number of piperidine rings is 2. The van der Waals surface area contributed by atoms with Crippen LogP contribution in [0.25, 0.3) is 22.2 Å². The second-order valence-electron chi connectivity index (χ2n) is 20.9. The van der Waals surface area contributed by atoms with Crippen molar-refractivity contribution < 1.29 is 9.53 Å². The first-order valence-corrected chi connectivity index (χ1v) is 24.7. The molecular weight excluding hydrogens is 862 g/mol. The van der Waals surface area contributed by atoms with Crippen molar-refractivity contribution in [3.8, 4) is 22.9 Å². The van der Waals surface area contributed by atoms with Crippen LogP contribution in [0.1, 0.15) is 101 Å². The molecule has 0 radical (unpaired) electrons. The van der Waals surface area contributed by atoms with Gasteiger partial charge in [-0.3, -0.25) is 14.5 Å². The van der Waals surface area contributed by atoms with Gasteiger partial charge in [0.25, 0.3) is 11.5 Å². The summed E-state index contributed by atoms with van der Waals surface area (Å²) in [5, 5.41) is 14.0. The molecule has 3 saturated heterocycles. The first kappa shape index (κ1) is 46.8. The van der Waals surface area contributed by atoms with Crippen LogP contribution in [0.2, 0.25) is 5.02 Å². The number of nitrogens with one attached hydrogen (secondary N) is 2. The van der Waals surface area contributed by atoms with Crippen molar-refractivity contribution in [3.63, 3.8) is 0 Å². The number of likely N-dealkylation sites (tertiary alicyclic amines) is 1. The van der Waals surface area contributed by atoms with E-state index in [1.807, 2.05) is 32.3 Å². The summed E-state index contributed by atoms with van der Waals surface area (Å²) in [6.07, 6.45) is 11.4. The second-order valence-corrected chi connectivity index (χ2v) is 21.3. The lowest BCUT2D eigenvalue weighted by Gasteiger charge is -2.63. The van der Waals surface area contributed by atoms with Crippen LogP contribution in [0, 0.1) is 28.1 Å². The average Bonchev–Trinajstić information content (AvgIpc) is 3.78. The Balaban J connectivity index is 0.675. The van der Waals surface area contributed by atoms with Gasteiger partial charge in [0.1, 0.15) is 23.6 Å². The van der Waals surface area contributed by atoms with E-state index in [-0.39, 0.29) is 40.5 Å². The van der Waals surface area contributed by atoms with Gasteiger partial charge in [-0.05, 0) is 100.0 Å². The summed E-state index contributed by atoms with van der Waals surface area (Å²) in [5.41, 5.74) is 4.48. The Bertz CT molecular complexity index is 2630. The quantitative estimate of drug-likeness (QED) is 0.120. The molecule has 4 aliphatic rings. The fraction of sp³-hybridized carbons (Fsp3) is 0.538. The largest absolute Gasteiger partial charge is 0.489 e. The molecule has 1 amide bonds. The van der Waals surface area contributed by atoms with E-state index in [1.54, 1.807) is 41.2 Å². The molecule has 2 N–H and O–H groups in total. The van der Waals surface area contributed by atoms with Crippen molar-refractivity contribution in [2.75, 3.05) is 76.9 Å². The Kier molecular flexibility index (Phi) is 13.5. The second kappa shape index (κ2) is 19.3. The number of carbonyl (C=O) groups is 1. The number of benzene rings is 1. The van der Waals surface area contributed by atoms with Crippen LogP contribution in [-0.4, -0.2) is 129 Å². The molecule has 0 spiro atoms. The Morgan fingerprint density at radius 2 is 1.55 bits per heavy atom. The number of nitriles is 1. The van der Waals surface area contributed by atoms with Gasteiger partial charge < -0.3 is 34.3 Å². The van der Waals surface area contributed by atoms with Gasteiger partial charge in [0, 0.05) is 136 Å². The molecule has 0 unspecified atom stereocenters. The molecule has 15 heteroatoms. The average molecular weight is 929 g/mol. The molecule has 5 aromatic rings. The maximum Gasteiger partial charge on any atom is 0.254 e. The van der Waals surface area contributed by atoms with Gasteiger partial charge >= 0.3 is 0 Å². The topological polar surface area (TPSA) is 152 Å². The molecule has 3 aliphatic heterocycles. The van der Waals surface area contributed by atoms with Crippen LogP contribution in [0.4, 0.5) is 5.95 Å². The normalized spacial score (nSPS) is 21.9. The SMILES string of the molecule is CC(C)n1cc(-c2ccnc3[nH]c(C4CCN(CCN5CCN(CC6CCN(c7ncc(C(=O)N[C@H]8C(C)(C)[C@H](Oc9ccc(C#N)c(Cl)c9)C8(C)C)cn7)CC6)CC5)CC4)cc23)ccc1=O. The number of fused-ring (bicyclic) bond motifs is 1. The molecule has 14 nitrogen and oxygen atoms in total. The number of nitrogens with zero attached hydrogens (tertiary/aromatic N) is 9. The van der Waals surface area contributed by atoms with E-state index < -0.39 is 0 Å². The van der Waals surface area contributed by atoms with Gasteiger partial charge in [-0.15, -0.1) is 0 Å². The van der Waals surface area contributed by atoms with E-state index in [4.69, 9.17) is 16.3 Å². The highest BCUT2D eigenvalue weighted by Gasteiger charge is 2.64. The summed E-state index contributed by atoms with van der Waals surface area (Å²) in [6.45, 7) is 24.4. The van der Waals surface area contributed by atoms with Crippen LogP contribution >= 0.6 is 11.6 Å². The van der Waals surface area contributed by atoms with Crippen LogP contribution in [0.5, 0.6) is 5.75 Å². The number of hydrogen-bond acceptors (Lipinski definition) is 11. The van der Waals surface area contributed by atoms with Crippen molar-refractivity contribution in [1.29, 1.82) is 5.26 Å². The highest BCUT2D eigenvalue weighted by atomic mass is 35.5. The predicted octanol–water partition coefficient (Wildman–Crippen LogP) is 7.61. The standard InChI is InChI=1S/C52H66ClN11O3/c1-34(2)64-33-38(8-10-45(64)65)41-11-16-55-46-42(41)28-44(58-46)36-14-17-60(18-15-36)21-22-61-23-25-62(26-24-61)32-35-12-19-63(20-13-35)50-56-30-39(31-57-50)47(66)59-48-51(3,4)49(52(48,5)6)67-40-9-7-37(29-54)43(53)27-40/h7-11,16,27-28,30-31,33-36,48-49H,12-15,17-26,32H2,1-6H3,(H,55,58)(H,59,66)/t48-,49-. The number of hydrogen-bond donors (Lipinski definition) is 2. The number of ether oxygens (including phenoxy) is 1. The van der Waals surface area contributed by atoms with Gasteiger partial charge in [-0.2, -0.15) is 5.26 Å². The summed E-state index contributed by atoms with van der Waals surface area (Å²) >= 11 is 6.27. The van der Waals surface area contributed by atoms with Crippen molar-refractivity contribution in [1.82, 2.24) is 44.5 Å². The zero-order valence-corrected chi connectivity index (χ0v) is 40.7. The van der Waals surface area contributed by atoms with E-state index in [0.29, 0.717) is 39.7 Å². The molecule has 1 saturated carbocycles. The van der Waals surface area contributed by atoms with Gasteiger partial charge in [-0.25, -0.2) is 15.0 Å². The predicted molar refractivity (Wildman–Crippen MR) is 264 cm³/mol. The highest BCUT2D eigenvalue weighted by molar-refractivity contribution is 6.31. The Morgan fingerprint density at radius 3 is 2.21 bits per heavy atom. The van der Waals surface area contributed by atoms with Crippen LogP contribution in [0.15, 0.2) is 72.0 Å². The molecule has 4 aromatic heterocycles. The van der Waals surface area contributed by atoms with E-state index in [0.717, 1.165) is 120 Å². The maximum atomic E-state index is 13.5. The lowest BCUT2D eigenvalue weighted by Crippen LogP contribution is -2.74. The molecule has 4 fully saturated rings. The number of pyridine rings is 2. The van der Waals surface area contributed by atoms with E-state index in [1.165, 1.54) is 5.69 Å². The number of anilines is 1. The number of halogens is 1. The molecule has 354 valence electrons. The molecular formula is C52H66ClN11O3. The minimum atomic E-state index is -0.363. The summed E-state index contributed by atoms with van der Waals surface area (Å²) in [6, 6.07) is 15.1. The zero-order valence-electron chi connectivity index (χ0n) is 40.0. The van der Waals surface area contributed by atoms with E-state index >= 15 is 0 Å². The van der Waals surface area contributed by atoms with Crippen molar-refractivity contribution in [2.45, 2.75) is 91.3 Å². The van der Waals surface area contributed by atoms with Crippen molar-refractivity contribution >= 4 is 34.5 Å². The van der Waals surface area contributed by atoms with Crippen LogP contribution in [0.3, 0.4) is 0 Å². The molecule has 0 atom stereocenters. The summed E-state index contributed by atoms with van der Waals surface area (Å²) in [7, 11) is 0. The van der Waals surface area contributed by atoms with Gasteiger partial charge in [0.15, 0.2) is 0 Å². The number of aromatic amines is 1. The van der Waals surface area contributed by atoms with Crippen LogP contribution in [-0.2, 0) is 0 Å². The molecule has 67 heavy (non-hydrogen) atoms. The first-order valence-electron chi connectivity index (χ1n) is 24.3. The third-order valence-electron chi connectivity index (χ3n) is 15.3. The Labute approximate surface area is 399 Å². The minimum Gasteiger partial charge on any atom is -0.489 e. The minimum absolute atomic E-state index is 0.0230. The molecule has 1 aromatic carbocycles. The fourth-order valence-corrected chi connectivity index (χ4v) is 11.8. The number of aromatic nitrogens is 5. The molecule has 7 heterocycles. The molecule has 0 bridgehead atoms. The Hall–Kier alpha value is -5.33. The van der Waals surface area contributed by atoms with E-state index in [9.17, 15) is 14.9 Å². The third-order valence-corrected chi connectivity index (χ3v) is 15.6. The fourth-order valence-electron chi connectivity index (χ4n) is 11.6. The van der Waals surface area contributed by atoms with Gasteiger partial charge in [-0.1, -0.05) is 39.3 Å². The summed E-state index contributed by atoms with van der Waals surface area (Å²) in [4.78, 5) is 53.7. The lowest BCUT2D eigenvalue weighted by molar-refractivity contribution is -0.164. The molecule has 1 aliphatic carbocycles. The highest BCUT2D eigenvalue weighted by Crippen LogP contribution is 2.55. The number of amides is 1. The van der Waals surface area contributed by atoms with Crippen molar-refractivity contribution in [3.05, 3.63) is 99.4 Å². The smallest absolute Gasteiger partial charge is 0.254 e.